The lowest BCUT2D eigenvalue weighted by Gasteiger charge is -2.29. The standard InChI is InChI=1S/C27H32N4O6/c1-26(2,3)31-23(34)19-11-10-17(13-20(19)24(31)35)22(33)28-14-16-8-7-9-18(12-16)30-21(32)15-29-25(36)37-27(4,5)6/h7-13H,14-15H2,1-6H3,(H,28,33)(H,29,36)(H,30,32). The molecule has 5 amide bonds. The Morgan fingerprint density at radius 1 is 0.865 bits per heavy atom. The maximum absolute atomic E-state index is 12.8. The third-order valence-electron chi connectivity index (χ3n) is 5.28. The lowest BCUT2D eigenvalue weighted by molar-refractivity contribution is -0.115. The first-order valence-corrected chi connectivity index (χ1v) is 11.8. The van der Waals surface area contributed by atoms with Crippen LogP contribution in [-0.4, -0.2) is 52.3 Å². The smallest absolute Gasteiger partial charge is 0.408 e. The molecule has 0 saturated heterocycles. The number of rotatable bonds is 6. The van der Waals surface area contributed by atoms with E-state index in [0.29, 0.717) is 5.69 Å². The van der Waals surface area contributed by atoms with Gasteiger partial charge < -0.3 is 20.7 Å². The first-order valence-electron chi connectivity index (χ1n) is 11.8. The molecule has 1 aliphatic rings. The molecule has 0 atom stereocenters. The molecule has 196 valence electrons. The number of hydrogen-bond donors (Lipinski definition) is 3. The van der Waals surface area contributed by atoms with Crippen molar-refractivity contribution in [3.63, 3.8) is 0 Å². The van der Waals surface area contributed by atoms with Gasteiger partial charge in [-0.3, -0.25) is 24.1 Å². The van der Waals surface area contributed by atoms with Crippen LogP contribution in [0.4, 0.5) is 10.5 Å². The Morgan fingerprint density at radius 3 is 2.19 bits per heavy atom. The third kappa shape index (κ3) is 6.93. The van der Waals surface area contributed by atoms with Crippen molar-refractivity contribution < 1.29 is 28.7 Å². The summed E-state index contributed by atoms with van der Waals surface area (Å²) in [5.41, 5.74) is 0.608. The van der Waals surface area contributed by atoms with Crippen molar-refractivity contribution in [2.75, 3.05) is 11.9 Å². The summed E-state index contributed by atoms with van der Waals surface area (Å²) in [4.78, 5) is 63.2. The second-order valence-electron chi connectivity index (χ2n) is 10.7. The van der Waals surface area contributed by atoms with E-state index in [2.05, 4.69) is 16.0 Å². The molecule has 1 aliphatic heterocycles. The van der Waals surface area contributed by atoms with E-state index in [1.165, 1.54) is 23.1 Å². The summed E-state index contributed by atoms with van der Waals surface area (Å²) >= 11 is 0. The van der Waals surface area contributed by atoms with Crippen molar-refractivity contribution in [2.24, 2.45) is 0 Å². The highest BCUT2D eigenvalue weighted by molar-refractivity contribution is 6.22. The molecule has 3 rings (SSSR count). The summed E-state index contributed by atoms with van der Waals surface area (Å²) in [5, 5.41) is 7.85. The Balaban J connectivity index is 1.58. The van der Waals surface area contributed by atoms with Gasteiger partial charge in [-0.2, -0.15) is 0 Å². The topological polar surface area (TPSA) is 134 Å². The number of nitrogens with zero attached hydrogens (tertiary/aromatic N) is 1. The van der Waals surface area contributed by atoms with Crippen molar-refractivity contribution in [1.29, 1.82) is 0 Å². The molecule has 0 spiro atoms. The number of carbonyl (C=O) groups excluding carboxylic acids is 5. The SMILES string of the molecule is CC(C)(C)OC(=O)NCC(=O)Nc1cccc(CNC(=O)c2ccc3c(c2)C(=O)N(C(C)(C)C)C3=O)c1. The number of hydrogen-bond acceptors (Lipinski definition) is 6. The molecule has 0 saturated carbocycles. The number of ether oxygens (including phenoxy) is 1. The number of anilines is 1. The summed E-state index contributed by atoms with van der Waals surface area (Å²) in [6, 6.07) is 11.3. The molecule has 2 aromatic carbocycles. The van der Waals surface area contributed by atoms with E-state index in [0.717, 1.165) is 5.56 Å². The highest BCUT2D eigenvalue weighted by atomic mass is 16.6. The molecule has 0 fully saturated rings. The number of fused-ring (bicyclic) bond motifs is 1. The molecule has 0 bridgehead atoms. The van der Waals surface area contributed by atoms with Crippen LogP contribution < -0.4 is 16.0 Å². The first-order chi connectivity index (χ1) is 17.2. The molecule has 0 unspecified atom stereocenters. The van der Waals surface area contributed by atoms with Crippen LogP contribution in [0.3, 0.4) is 0 Å². The summed E-state index contributed by atoms with van der Waals surface area (Å²) in [6.45, 7) is 10.4. The van der Waals surface area contributed by atoms with Crippen LogP contribution >= 0.6 is 0 Å². The molecule has 37 heavy (non-hydrogen) atoms. The largest absolute Gasteiger partial charge is 0.444 e. The number of nitrogens with one attached hydrogen (secondary N) is 3. The quantitative estimate of drug-likeness (QED) is 0.512. The predicted molar refractivity (Wildman–Crippen MR) is 137 cm³/mol. The Hall–Kier alpha value is -4.21. The van der Waals surface area contributed by atoms with Gasteiger partial charge in [0, 0.05) is 23.3 Å². The van der Waals surface area contributed by atoms with Crippen LogP contribution in [0, 0.1) is 0 Å². The zero-order chi connectivity index (χ0) is 27.5. The minimum Gasteiger partial charge on any atom is -0.444 e. The van der Waals surface area contributed by atoms with Gasteiger partial charge in [-0.05, 0) is 77.4 Å². The first kappa shape index (κ1) is 27.4. The lowest BCUT2D eigenvalue weighted by Crippen LogP contribution is -2.45. The molecule has 0 aliphatic carbocycles. The van der Waals surface area contributed by atoms with E-state index in [1.807, 2.05) is 0 Å². The second kappa shape index (κ2) is 10.4. The monoisotopic (exact) mass is 508 g/mol. The highest BCUT2D eigenvalue weighted by Crippen LogP contribution is 2.29. The molecule has 1 heterocycles. The lowest BCUT2D eigenvalue weighted by atomic mass is 10.1. The van der Waals surface area contributed by atoms with E-state index in [9.17, 15) is 24.0 Å². The third-order valence-corrected chi connectivity index (χ3v) is 5.28. The second-order valence-corrected chi connectivity index (χ2v) is 10.7. The van der Waals surface area contributed by atoms with Crippen molar-refractivity contribution >= 4 is 35.4 Å². The molecular formula is C27H32N4O6. The summed E-state index contributed by atoms with van der Waals surface area (Å²) in [5.74, 6) is -1.65. The van der Waals surface area contributed by atoms with Crippen LogP contribution in [0.5, 0.6) is 0 Å². The maximum Gasteiger partial charge on any atom is 0.408 e. The number of alkyl carbamates (subject to hydrolysis) is 1. The number of imide groups is 1. The summed E-state index contributed by atoms with van der Waals surface area (Å²) < 4.78 is 5.10. The highest BCUT2D eigenvalue weighted by Gasteiger charge is 2.42. The summed E-state index contributed by atoms with van der Waals surface area (Å²) in [6.07, 6.45) is -0.692. The van der Waals surface area contributed by atoms with Crippen molar-refractivity contribution in [2.45, 2.75) is 59.2 Å². The molecule has 0 aromatic heterocycles. The number of benzene rings is 2. The number of carbonyl (C=O) groups is 5. The van der Waals surface area contributed by atoms with Gasteiger partial charge in [0.2, 0.25) is 5.91 Å². The fourth-order valence-corrected chi connectivity index (χ4v) is 3.71. The van der Waals surface area contributed by atoms with Gasteiger partial charge in [0.15, 0.2) is 0 Å². The van der Waals surface area contributed by atoms with Crippen LogP contribution in [0.2, 0.25) is 0 Å². The van der Waals surface area contributed by atoms with E-state index >= 15 is 0 Å². The zero-order valence-electron chi connectivity index (χ0n) is 21.9. The maximum atomic E-state index is 12.8. The normalized spacial score (nSPS) is 13.2. The van der Waals surface area contributed by atoms with Crippen molar-refractivity contribution in [3.8, 4) is 0 Å². The number of amides is 5. The molecule has 10 nitrogen and oxygen atoms in total. The fraction of sp³-hybridized carbons (Fsp3) is 0.370. The molecule has 3 N–H and O–H groups in total. The molecule has 2 aromatic rings. The van der Waals surface area contributed by atoms with Crippen LogP contribution in [0.25, 0.3) is 0 Å². The minimum absolute atomic E-state index is 0.163. The van der Waals surface area contributed by atoms with E-state index in [4.69, 9.17) is 4.74 Å². The van der Waals surface area contributed by atoms with Crippen LogP contribution in [0.15, 0.2) is 42.5 Å². The van der Waals surface area contributed by atoms with Gasteiger partial charge in [-0.25, -0.2) is 4.79 Å². The molecule has 0 radical (unpaired) electrons. The van der Waals surface area contributed by atoms with E-state index < -0.39 is 35.0 Å². The van der Waals surface area contributed by atoms with Crippen LogP contribution in [-0.2, 0) is 16.1 Å². The van der Waals surface area contributed by atoms with Gasteiger partial charge in [0.05, 0.1) is 11.1 Å². The van der Waals surface area contributed by atoms with Gasteiger partial charge in [-0.15, -0.1) is 0 Å². The predicted octanol–water partition coefficient (Wildman–Crippen LogP) is 3.47. The Morgan fingerprint density at radius 2 is 1.54 bits per heavy atom. The summed E-state index contributed by atoms with van der Waals surface area (Å²) in [7, 11) is 0. The minimum atomic E-state index is -0.692. The Bertz CT molecular complexity index is 1260. The average molecular weight is 509 g/mol. The van der Waals surface area contributed by atoms with Gasteiger partial charge >= 0.3 is 6.09 Å². The average Bonchev–Trinajstić information content (AvgIpc) is 3.05. The van der Waals surface area contributed by atoms with E-state index in [1.54, 1.807) is 65.8 Å². The van der Waals surface area contributed by atoms with Gasteiger partial charge in [0.25, 0.3) is 17.7 Å². The zero-order valence-corrected chi connectivity index (χ0v) is 21.9. The molecular weight excluding hydrogens is 476 g/mol. The Kier molecular flexibility index (Phi) is 7.71. The van der Waals surface area contributed by atoms with Crippen molar-refractivity contribution in [1.82, 2.24) is 15.5 Å². The van der Waals surface area contributed by atoms with E-state index in [-0.39, 0.29) is 35.7 Å². The van der Waals surface area contributed by atoms with Gasteiger partial charge in [-0.1, -0.05) is 12.1 Å². The van der Waals surface area contributed by atoms with Crippen molar-refractivity contribution in [3.05, 3.63) is 64.7 Å². The fourth-order valence-electron chi connectivity index (χ4n) is 3.71. The van der Waals surface area contributed by atoms with Crippen LogP contribution in [0.1, 0.15) is 78.2 Å². The Labute approximate surface area is 215 Å². The molecule has 10 heteroatoms. The van der Waals surface area contributed by atoms with Gasteiger partial charge in [0.1, 0.15) is 12.1 Å².